The Morgan fingerprint density at radius 2 is 1.89 bits per heavy atom. The largest absolute Gasteiger partial charge is 0.396 e. The normalized spacial score (nSPS) is 10.7. The standard InChI is InChI=1S/C5H13FOSi.Ar/c1-8(2,6)5-3-4-7;/h7H,3-5H2,1-2H3;. The summed E-state index contributed by atoms with van der Waals surface area (Å²) in [7, 11) is -2.34. The van der Waals surface area contributed by atoms with Gasteiger partial charge in [0.15, 0.2) is 0 Å². The fourth-order valence-electron chi connectivity index (χ4n) is 0.499. The molecule has 0 rings (SSSR count). The van der Waals surface area contributed by atoms with E-state index in [0.717, 1.165) is 0 Å². The average molecular weight is 176 g/mol. The van der Waals surface area contributed by atoms with Crippen molar-refractivity contribution in [2.75, 3.05) is 6.61 Å². The van der Waals surface area contributed by atoms with Crippen molar-refractivity contribution in [3.63, 3.8) is 0 Å². The third-order valence-electron chi connectivity index (χ3n) is 0.929. The van der Waals surface area contributed by atoms with Gasteiger partial charge in [0.05, 0.1) is 0 Å². The molecule has 0 saturated carbocycles. The van der Waals surface area contributed by atoms with Crippen molar-refractivity contribution in [2.24, 2.45) is 0 Å². The Hall–Kier alpha value is 1.37. The van der Waals surface area contributed by atoms with Crippen LogP contribution in [0.4, 0.5) is 4.11 Å². The quantitative estimate of drug-likeness (QED) is 0.511. The molecule has 9 heavy (non-hydrogen) atoms. The molecular weight excluding hydrogens is 163 g/mol. The number of aliphatic hydroxyl groups is 1. The summed E-state index contributed by atoms with van der Waals surface area (Å²) < 4.78 is 12.6. The summed E-state index contributed by atoms with van der Waals surface area (Å²) in [6, 6.07) is 0.587. The summed E-state index contributed by atoms with van der Waals surface area (Å²) >= 11 is 0. The summed E-state index contributed by atoms with van der Waals surface area (Å²) in [5.74, 6) is 0. The van der Waals surface area contributed by atoms with Gasteiger partial charge in [-0.3, -0.25) is 0 Å². The molecule has 1 N–H and O–H groups in total. The number of hydrogen-bond acceptors (Lipinski definition) is 1. The number of halogens is 1. The van der Waals surface area contributed by atoms with Gasteiger partial charge in [0.2, 0.25) is 8.41 Å². The van der Waals surface area contributed by atoms with Crippen molar-refractivity contribution >= 4 is 8.41 Å². The molecule has 0 aromatic heterocycles. The molecule has 0 unspecified atom stereocenters. The van der Waals surface area contributed by atoms with Crippen molar-refractivity contribution in [1.29, 1.82) is 0 Å². The minimum Gasteiger partial charge on any atom is -0.396 e. The third kappa shape index (κ3) is 12.5. The predicted octanol–water partition coefficient (Wildman–Crippen LogP) is 1.54. The molecule has 0 aromatic rings. The van der Waals surface area contributed by atoms with Crippen LogP contribution in [-0.2, 0) is 0 Å². The second-order valence-corrected chi connectivity index (χ2v) is 6.48. The Kier molecular flexibility index (Phi) is 8.81. The van der Waals surface area contributed by atoms with E-state index in [0.29, 0.717) is 12.5 Å². The smallest absolute Gasteiger partial charge is 0.241 e. The summed E-state index contributed by atoms with van der Waals surface area (Å²) in [5, 5.41) is 8.29. The third-order valence-corrected chi connectivity index (χ3v) is 2.47. The Bertz CT molecular complexity index is 64.5. The van der Waals surface area contributed by atoms with Crippen LogP contribution in [0.1, 0.15) is 6.42 Å². The van der Waals surface area contributed by atoms with Gasteiger partial charge in [-0.15, -0.1) is 0 Å². The molecule has 0 aromatic carbocycles. The van der Waals surface area contributed by atoms with Gasteiger partial charge in [-0.25, -0.2) is 0 Å². The summed E-state index contributed by atoms with van der Waals surface area (Å²) in [4.78, 5) is 0. The second kappa shape index (κ2) is 6.10. The summed E-state index contributed by atoms with van der Waals surface area (Å²) in [5.41, 5.74) is 0. The van der Waals surface area contributed by atoms with Gasteiger partial charge in [0.25, 0.3) is 0 Å². The van der Waals surface area contributed by atoms with Crippen LogP contribution in [0.2, 0.25) is 19.1 Å². The van der Waals surface area contributed by atoms with Crippen LogP contribution in [0, 0.1) is 37.7 Å². The zero-order valence-corrected chi connectivity index (χ0v) is 7.51. The zero-order chi connectivity index (χ0) is 6.62. The van der Waals surface area contributed by atoms with E-state index in [1.54, 1.807) is 13.1 Å². The van der Waals surface area contributed by atoms with E-state index in [-0.39, 0.29) is 44.3 Å². The summed E-state index contributed by atoms with van der Waals surface area (Å²) in [6.07, 6.45) is 0.621. The molecule has 0 saturated heterocycles. The minimum atomic E-state index is -2.34. The Morgan fingerprint density at radius 1 is 1.44 bits per heavy atom. The Morgan fingerprint density at radius 3 is 2.00 bits per heavy atom. The van der Waals surface area contributed by atoms with E-state index in [9.17, 15) is 4.11 Å². The van der Waals surface area contributed by atoms with Crippen molar-refractivity contribution in [1.82, 2.24) is 0 Å². The molecule has 0 aliphatic rings. The van der Waals surface area contributed by atoms with Crippen molar-refractivity contribution in [3.05, 3.63) is 0 Å². The van der Waals surface area contributed by atoms with E-state index >= 15 is 0 Å². The van der Waals surface area contributed by atoms with Crippen LogP contribution in [0.25, 0.3) is 0 Å². The first-order valence-corrected chi connectivity index (χ1v) is 5.94. The van der Waals surface area contributed by atoms with Crippen LogP contribution in [0.5, 0.6) is 0 Å². The second-order valence-electron chi connectivity index (χ2n) is 2.55. The maximum Gasteiger partial charge on any atom is 0.241 e. The maximum atomic E-state index is 12.6. The molecule has 1 nitrogen and oxygen atoms in total. The summed E-state index contributed by atoms with van der Waals surface area (Å²) in [6.45, 7) is 3.44. The van der Waals surface area contributed by atoms with Crippen molar-refractivity contribution in [2.45, 2.75) is 25.6 Å². The SMILES string of the molecule is C[Si](C)(F)CCCO.[Ar]. The molecule has 0 bridgehead atoms. The fraction of sp³-hybridized carbons (Fsp3) is 1.00. The molecule has 0 aliphatic heterocycles. The van der Waals surface area contributed by atoms with Gasteiger partial charge >= 0.3 is 0 Å². The van der Waals surface area contributed by atoms with Crippen LogP contribution in [-0.4, -0.2) is 20.1 Å². The average Bonchev–Trinajstić information content (AvgIpc) is 1.59. The van der Waals surface area contributed by atoms with Gasteiger partial charge in [-0.1, -0.05) is 0 Å². The predicted molar refractivity (Wildman–Crippen MR) is 35.1 cm³/mol. The fourth-order valence-corrected chi connectivity index (χ4v) is 1.50. The van der Waals surface area contributed by atoms with Crippen LogP contribution in [0.3, 0.4) is 0 Å². The maximum absolute atomic E-state index is 12.6. The number of rotatable bonds is 3. The molecule has 0 aliphatic carbocycles. The van der Waals surface area contributed by atoms with Gasteiger partial charge in [-0.05, 0) is 25.6 Å². The van der Waals surface area contributed by atoms with E-state index in [2.05, 4.69) is 0 Å². The first-order valence-electron chi connectivity index (χ1n) is 2.86. The van der Waals surface area contributed by atoms with E-state index < -0.39 is 8.41 Å². The Labute approximate surface area is 86.8 Å². The van der Waals surface area contributed by atoms with E-state index in [1.807, 2.05) is 0 Å². The molecular formula is C5H13ArFOSi. The Balaban J connectivity index is 0. The van der Waals surface area contributed by atoms with Crippen LogP contribution >= 0.6 is 0 Å². The number of hydrogen-bond donors (Lipinski definition) is 1. The minimum absolute atomic E-state index is 0. The molecule has 0 amide bonds. The molecule has 0 atom stereocenters. The van der Waals surface area contributed by atoms with Gasteiger partial charge in [0.1, 0.15) is 0 Å². The molecule has 0 fully saturated rings. The van der Waals surface area contributed by atoms with Crippen LogP contribution < -0.4 is 0 Å². The van der Waals surface area contributed by atoms with Crippen LogP contribution in [0.15, 0.2) is 0 Å². The molecule has 0 heterocycles. The van der Waals surface area contributed by atoms with Gasteiger partial charge in [-0.2, -0.15) is 0 Å². The van der Waals surface area contributed by atoms with E-state index in [1.165, 1.54) is 0 Å². The topological polar surface area (TPSA) is 20.2 Å². The molecule has 4 heteroatoms. The first-order chi connectivity index (χ1) is 3.56. The van der Waals surface area contributed by atoms with Gasteiger partial charge in [0, 0.05) is 44.3 Å². The van der Waals surface area contributed by atoms with Crippen molar-refractivity contribution < 1.29 is 47.0 Å². The zero-order valence-electron chi connectivity index (χ0n) is 5.80. The van der Waals surface area contributed by atoms with Gasteiger partial charge < -0.3 is 9.21 Å². The first kappa shape index (κ1) is 13.0. The monoisotopic (exact) mass is 176 g/mol. The molecule has 58 valence electrons. The van der Waals surface area contributed by atoms with Crippen molar-refractivity contribution in [3.8, 4) is 0 Å². The van der Waals surface area contributed by atoms with E-state index in [4.69, 9.17) is 5.11 Å². The molecule has 0 radical (unpaired) electrons. The number of aliphatic hydroxyl groups excluding tert-OH is 1. The molecule has 0 spiro atoms.